The van der Waals surface area contributed by atoms with Gasteiger partial charge in [-0.3, -0.25) is 9.78 Å². The van der Waals surface area contributed by atoms with Crippen LogP contribution in [0.1, 0.15) is 5.69 Å². The summed E-state index contributed by atoms with van der Waals surface area (Å²) in [7, 11) is -3.67. The Bertz CT molecular complexity index is 829. The molecule has 128 valence electrons. The van der Waals surface area contributed by atoms with Gasteiger partial charge in [-0.2, -0.15) is 4.31 Å². The second kappa shape index (κ2) is 7.45. The number of halogens is 2. The number of nitrogens with one attached hydrogen (secondary N) is 1. The molecular formula is C15H15F2N3O3S. The van der Waals surface area contributed by atoms with Gasteiger partial charge in [-0.15, -0.1) is 0 Å². The molecule has 0 saturated carbocycles. The van der Waals surface area contributed by atoms with Crippen LogP contribution in [0, 0.1) is 11.6 Å². The average Bonchev–Trinajstić information content (AvgIpc) is 2.50. The molecule has 0 fully saturated rings. The number of aromatic nitrogens is 1. The molecule has 1 amide bonds. The fraction of sp³-hybridized carbons (Fsp3) is 0.200. The molecule has 6 nitrogen and oxygen atoms in total. The van der Waals surface area contributed by atoms with E-state index in [1.54, 1.807) is 18.2 Å². The van der Waals surface area contributed by atoms with Crippen molar-refractivity contribution in [2.24, 2.45) is 0 Å². The fourth-order valence-corrected chi connectivity index (χ4v) is 2.62. The van der Waals surface area contributed by atoms with Gasteiger partial charge >= 0.3 is 0 Å². The number of carbonyl (C=O) groups excluding carboxylic acids is 1. The van der Waals surface area contributed by atoms with Crippen molar-refractivity contribution in [2.75, 3.05) is 18.1 Å². The van der Waals surface area contributed by atoms with Gasteiger partial charge in [0.05, 0.1) is 25.0 Å². The molecule has 9 heteroatoms. The highest BCUT2D eigenvalue weighted by atomic mass is 32.2. The molecule has 0 aliphatic carbocycles. The lowest BCUT2D eigenvalue weighted by Gasteiger charge is -2.19. The van der Waals surface area contributed by atoms with Crippen molar-refractivity contribution >= 4 is 21.6 Å². The molecule has 1 aromatic carbocycles. The molecule has 0 aliphatic rings. The van der Waals surface area contributed by atoms with E-state index in [4.69, 9.17) is 0 Å². The Kier molecular flexibility index (Phi) is 5.58. The van der Waals surface area contributed by atoms with Gasteiger partial charge < -0.3 is 5.32 Å². The smallest absolute Gasteiger partial charge is 0.239 e. The molecule has 0 radical (unpaired) electrons. The highest BCUT2D eigenvalue weighted by molar-refractivity contribution is 7.88. The molecule has 0 bridgehead atoms. The van der Waals surface area contributed by atoms with Crippen LogP contribution in [0.4, 0.5) is 14.5 Å². The van der Waals surface area contributed by atoms with Gasteiger partial charge in [0.25, 0.3) is 0 Å². The van der Waals surface area contributed by atoms with Gasteiger partial charge in [0.1, 0.15) is 0 Å². The second-order valence-electron chi connectivity index (χ2n) is 5.03. The third-order valence-electron chi connectivity index (χ3n) is 3.06. The lowest BCUT2D eigenvalue weighted by Crippen LogP contribution is -2.37. The van der Waals surface area contributed by atoms with Crippen LogP contribution in [0.15, 0.2) is 42.6 Å². The lowest BCUT2D eigenvalue weighted by atomic mass is 10.3. The van der Waals surface area contributed by atoms with Crippen LogP contribution < -0.4 is 5.32 Å². The predicted octanol–water partition coefficient (Wildman–Crippen LogP) is 1.76. The monoisotopic (exact) mass is 355 g/mol. The minimum absolute atomic E-state index is 0.0326. The molecule has 1 heterocycles. The normalized spacial score (nSPS) is 11.5. The Morgan fingerprint density at radius 2 is 1.96 bits per heavy atom. The van der Waals surface area contributed by atoms with E-state index in [2.05, 4.69) is 10.3 Å². The molecule has 24 heavy (non-hydrogen) atoms. The molecule has 1 aromatic heterocycles. The minimum Gasteiger partial charge on any atom is -0.325 e. The summed E-state index contributed by atoms with van der Waals surface area (Å²) in [4.78, 5) is 16.0. The zero-order valence-electron chi connectivity index (χ0n) is 12.7. The van der Waals surface area contributed by atoms with Crippen molar-refractivity contribution in [2.45, 2.75) is 6.54 Å². The number of sulfonamides is 1. The quantitative estimate of drug-likeness (QED) is 0.856. The summed E-state index contributed by atoms with van der Waals surface area (Å²) in [6.07, 6.45) is 2.48. The molecule has 0 saturated heterocycles. The summed E-state index contributed by atoms with van der Waals surface area (Å²) in [6.45, 7) is -0.556. The van der Waals surface area contributed by atoms with Crippen LogP contribution >= 0.6 is 0 Å². The van der Waals surface area contributed by atoms with E-state index in [1.807, 2.05) is 0 Å². The molecule has 2 aromatic rings. The average molecular weight is 355 g/mol. The SMILES string of the molecule is CS(=O)(=O)N(CC(=O)Nc1ccc(F)c(F)c1)Cc1ccccn1. The predicted molar refractivity (Wildman–Crippen MR) is 84.5 cm³/mol. The first-order valence-corrected chi connectivity index (χ1v) is 8.70. The number of benzene rings is 1. The van der Waals surface area contributed by atoms with Crippen molar-refractivity contribution in [3.05, 3.63) is 59.9 Å². The standard InChI is InChI=1S/C15H15F2N3O3S/c1-24(22,23)20(9-12-4-2-3-7-18-12)10-15(21)19-11-5-6-13(16)14(17)8-11/h2-8H,9-10H2,1H3,(H,19,21). The number of amides is 1. The van der Waals surface area contributed by atoms with Crippen molar-refractivity contribution in [1.29, 1.82) is 0 Å². The third kappa shape index (κ3) is 5.07. The van der Waals surface area contributed by atoms with E-state index in [1.165, 1.54) is 12.3 Å². The third-order valence-corrected chi connectivity index (χ3v) is 4.25. The highest BCUT2D eigenvalue weighted by Gasteiger charge is 2.21. The number of nitrogens with zero attached hydrogens (tertiary/aromatic N) is 2. The van der Waals surface area contributed by atoms with E-state index in [0.717, 1.165) is 22.7 Å². The first-order chi connectivity index (χ1) is 11.3. The van der Waals surface area contributed by atoms with Gasteiger partial charge in [-0.1, -0.05) is 6.07 Å². The number of hydrogen-bond acceptors (Lipinski definition) is 4. The highest BCUT2D eigenvalue weighted by Crippen LogP contribution is 2.13. The maximum atomic E-state index is 13.1. The maximum Gasteiger partial charge on any atom is 0.239 e. The van der Waals surface area contributed by atoms with Crippen molar-refractivity contribution in [3.8, 4) is 0 Å². The lowest BCUT2D eigenvalue weighted by molar-refractivity contribution is -0.116. The maximum absolute atomic E-state index is 13.1. The summed E-state index contributed by atoms with van der Waals surface area (Å²) in [5.74, 6) is -2.83. The second-order valence-corrected chi connectivity index (χ2v) is 7.01. The molecule has 0 aliphatic heterocycles. The largest absolute Gasteiger partial charge is 0.325 e. The zero-order valence-corrected chi connectivity index (χ0v) is 13.6. The first-order valence-electron chi connectivity index (χ1n) is 6.85. The van der Waals surface area contributed by atoms with Crippen LogP contribution in [-0.2, 0) is 21.4 Å². The number of carbonyl (C=O) groups is 1. The number of anilines is 1. The Labute approximate surface area is 138 Å². The van der Waals surface area contributed by atoms with Crippen LogP contribution in [0.2, 0.25) is 0 Å². The van der Waals surface area contributed by atoms with Crippen molar-refractivity contribution in [3.63, 3.8) is 0 Å². The topological polar surface area (TPSA) is 79.4 Å². The molecule has 0 spiro atoms. The van der Waals surface area contributed by atoms with E-state index in [-0.39, 0.29) is 12.2 Å². The molecule has 1 N–H and O–H groups in total. The van der Waals surface area contributed by atoms with Gasteiger partial charge in [0.2, 0.25) is 15.9 Å². The van der Waals surface area contributed by atoms with Crippen LogP contribution in [-0.4, -0.2) is 36.4 Å². The minimum atomic E-state index is -3.67. The van der Waals surface area contributed by atoms with Gasteiger partial charge in [0.15, 0.2) is 11.6 Å². The van der Waals surface area contributed by atoms with Crippen molar-refractivity contribution < 1.29 is 22.0 Å². The Balaban J connectivity index is 2.08. The van der Waals surface area contributed by atoms with Gasteiger partial charge in [-0.05, 0) is 24.3 Å². The van der Waals surface area contributed by atoms with E-state index < -0.39 is 34.1 Å². The zero-order chi connectivity index (χ0) is 17.7. The van der Waals surface area contributed by atoms with Crippen LogP contribution in [0.25, 0.3) is 0 Å². The van der Waals surface area contributed by atoms with Crippen LogP contribution in [0.3, 0.4) is 0 Å². The number of pyridine rings is 1. The summed E-state index contributed by atoms with van der Waals surface area (Å²) >= 11 is 0. The number of hydrogen-bond donors (Lipinski definition) is 1. The Morgan fingerprint density at radius 1 is 1.21 bits per heavy atom. The van der Waals surface area contributed by atoms with Crippen LogP contribution in [0.5, 0.6) is 0 Å². The van der Waals surface area contributed by atoms with E-state index in [9.17, 15) is 22.0 Å². The molecular weight excluding hydrogens is 340 g/mol. The Morgan fingerprint density at radius 3 is 2.54 bits per heavy atom. The van der Waals surface area contributed by atoms with E-state index >= 15 is 0 Å². The van der Waals surface area contributed by atoms with Gasteiger partial charge in [0, 0.05) is 18.0 Å². The van der Waals surface area contributed by atoms with E-state index in [0.29, 0.717) is 5.69 Å². The number of rotatable bonds is 6. The summed E-state index contributed by atoms with van der Waals surface area (Å²) in [5.41, 5.74) is 0.508. The first kappa shape index (κ1) is 18.0. The summed E-state index contributed by atoms with van der Waals surface area (Å²) in [5, 5.41) is 2.33. The molecule has 0 atom stereocenters. The fourth-order valence-electron chi connectivity index (χ4n) is 1.90. The Hall–Kier alpha value is -2.39. The molecule has 0 unspecified atom stereocenters. The summed E-state index contributed by atoms with van der Waals surface area (Å²) < 4.78 is 50.6. The van der Waals surface area contributed by atoms with Crippen molar-refractivity contribution in [1.82, 2.24) is 9.29 Å². The summed E-state index contributed by atoms with van der Waals surface area (Å²) in [6, 6.07) is 7.88. The molecule has 2 rings (SSSR count). The van der Waals surface area contributed by atoms with Gasteiger partial charge in [-0.25, -0.2) is 17.2 Å².